The van der Waals surface area contributed by atoms with Gasteiger partial charge in [-0.1, -0.05) is 18.2 Å². The van der Waals surface area contributed by atoms with Crippen LogP contribution < -0.4 is 5.32 Å². The molecule has 2 aromatic rings. The first-order chi connectivity index (χ1) is 10.4. The molecule has 1 aromatic heterocycles. The summed E-state index contributed by atoms with van der Waals surface area (Å²) in [6, 6.07) is 12.3. The summed E-state index contributed by atoms with van der Waals surface area (Å²) in [4.78, 5) is 16.3. The number of rotatable bonds is 6. The maximum Gasteiger partial charge on any atom is 0.251 e. The first-order valence-electron chi connectivity index (χ1n) is 6.89. The van der Waals surface area contributed by atoms with Crippen LogP contribution in [0.2, 0.25) is 0 Å². The first kappa shape index (κ1) is 16.2. The van der Waals surface area contributed by atoms with Crippen molar-refractivity contribution < 1.29 is 13.2 Å². The van der Waals surface area contributed by atoms with E-state index in [-0.39, 0.29) is 11.7 Å². The first-order valence-corrected chi connectivity index (χ1v) is 8.95. The van der Waals surface area contributed by atoms with E-state index in [2.05, 4.69) is 10.3 Å². The molecule has 1 heterocycles. The lowest BCUT2D eigenvalue weighted by Crippen LogP contribution is -2.26. The van der Waals surface area contributed by atoms with Crippen molar-refractivity contribution >= 4 is 15.7 Å². The van der Waals surface area contributed by atoms with E-state index in [1.807, 2.05) is 18.2 Å². The van der Waals surface area contributed by atoms with Crippen molar-refractivity contribution in [1.29, 1.82) is 0 Å². The van der Waals surface area contributed by atoms with Crippen molar-refractivity contribution in [3.8, 4) is 0 Å². The highest BCUT2D eigenvalue weighted by Gasteiger charge is 2.09. The Kier molecular flexibility index (Phi) is 5.27. The van der Waals surface area contributed by atoms with Gasteiger partial charge in [-0.25, -0.2) is 8.42 Å². The zero-order valence-corrected chi connectivity index (χ0v) is 13.1. The third-order valence-corrected chi connectivity index (χ3v) is 3.87. The Hall–Kier alpha value is -2.21. The number of hydrogen-bond donors (Lipinski definition) is 1. The van der Waals surface area contributed by atoms with Gasteiger partial charge in [0.05, 0.1) is 5.75 Å². The normalized spacial score (nSPS) is 11.1. The molecule has 22 heavy (non-hydrogen) atoms. The highest BCUT2D eigenvalue weighted by molar-refractivity contribution is 7.89. The Labute approximate surface area is 130 Å². The third-order valence-electron chi connectivity index (χ3n) is 3.01. The van der Waals surface area contributed by atoms with Crippen molar-refractivity contribution in [2.24, 2.45) is 0 Å². The Morgan fingerprint density at radius 3 is 2.68 bits per heavy atom. The summed E-state index contributed by atoms with van der Waals surface area (Å²) in [5.41, 5.74) is 1.98. The molecule has 0 spiro atoms. The highest BCUT2D eigenvalue weighted by Crippen LogP contribution is 2.08. The molecule has 0 aliphatic rings. The van der Waals surface area contributed by atoms with Gasteiger partial charge in [0.2, 0.25) is 0 Å². The van der Waals surface area contributed by atoms with E-state index in [0.717, 1.165) is 5.69 Å². The summed E-state index contributed by atoms with van der Waals surface area (Å²) in [6.07, 6.45) is 3.54. The molecule has 0 aliphatic heterocycles. The second-order valence-corrected chi connectivity index (χ2v) is 7.24. The number of benzene rings is 1. The van der Waals surface area contributed by atoms with Crippen LogP contribution in [-0.4, -0.2) is 32.1 Å². The van der Waals surface area contributed by atoms with Crippen LogP contribution in [0.4, 0.5) is 0 Å². The molecule has 0 aliphatic carbocycles. The summed E-state index contributed by atoms with van der Waals surface area (Å²) in [6.45, 7) is 0.478. The van der Waals surface area contributed by atoms with Gasteiger partial charge in [-0.15, -0.1) is 0 Å². The maximum atomic E-state index is 12.1. The average molecular weight is 318 g/mol. The van der Waals surface area contributed by atoms with Crippen LogP contribution >= 0.6 is 0 Å². The van der Waals surface area contributed by atoms with Crippen LogP contribution in [0, 0.1) is 0 Å². The van der Waals surface area contributed by atoms with E-state index in [9.17, 15) is 13.2 Å². The molecule has 0 saturated heterocycles. The number of sulfone groups is 1. The zero-order valence-electron chi connectivity index (χ0n) is 12.3. The molecule has 0 saturated carbocycles. The van der Waals surface area contributed by atoms with Gasteiger partial charge in [-0.2, -0.15) is 0 Å². The lowest BCUT2D eigenvalue weighted by molar-refractivity contribution is 0.0954. The molecule has 0 atom stereocenters. The zero-order chi connectivity index (χ0) is 16.0. The summed E-state index contributed by atoms with van der Waals surface area (Å²) in [7, 11) is -3.11. The molecule has 0 unspecified atom stereocenters. The van der Waals surface area contributed by atoms with E-state index in [4.69, 9.17) is 0 Å². The molecule has 2 rings (SSSR count). The molecular formula is C16H18N2O3S. The largest absolute Gasteiger partial charge is 0.352 e. The number of nitrogens with one attached hydrogen (secondary N) is 1. The fourth-order valence-corrected chi connectivity index (χ4v) is 2.84. The third kappa shape index (κ3) is 5.29. The van der Waals surface area contributed by atoms with Gasteiger partial charge in [0.1, 0.15) is 0 Å². The van der Waals surface area contributed by atoms with Crippen LogP contribution in [0.1, 0.15) is 21.6 Å². The number of carbonyl (C=O) groups is 1. The fourth-order valence-electron chi connectivity index (χ4n) is 2.06. The van der Waals surface area contributed by atoms with Crippen molar-refractivity contribution in [2.45, 2.75) is 12.2 Å². The lowest BCUT2D eigenvalue weighted by atomic mass is 10.1. The Morgan fingerprint density at radius 1 is 1.18 bits per heavy atom. The molecule has 0 bridgehead atoms. The summed E-state index contributed by atoms with van der Waals surface area (Å²) in [5, 5.41) is 2.81. The highest BCUT2D eigenvalue weighted by atomic mass is 32.2. The van der Waals surface area contributed by atoms with Crippen LogP contribution in [-0.2, 0) is 22.0 Å². The second-order valence-electron chi connectivity index (χ2n) is 5.10. The topological polar surface area (TPSA) is 76.1 Å². The van der Waals surface area contributed by atoms with Crippen molar-refractivity contribution in [3.05, 3.63) is 65.5 Å². The van der Waals surface area contributed by atoms with Gasteiger partial charge in [0.25, 0.3) is 5.91 Å². The molecule has 0 radical (unpaired) electrons. The van der Waals surface area contributed by atoms with Gasteiger partial charge in [-0.3, -0.25) is 9.78 Å². The lowest BCUT2D eigenvalue weighted by Gasteiger charge is -2.06. The van der Waals surface area contributed by atoms with Crippen LogP contribution in [0.25, 0.3) is 0 Å². The number of nitrogens with zero attached hydrogens (tertiary/aromatic N) is 1. The summed E-state index contributed by atoms with van der Waals surface area (Å²) >= 11 is 0. The van der Waals surface area contributed by atoms with Crippen molar-refractivity contribution in [2.75, 3.05) is 12.8 Å². The quantitative estimate of drug-likeness (QED) is 0.878. The monoisotopic (exact) mass is 318 g/mol. The molecular weight excluding hydrogens is 300 g/mol. The Bertz CT molecular complexity index is 743. The summed E-state index contributed by atoms with van der Waals surface area (Å²) < 4.78 is 22.6. The van der Waals surface area contributed by atoms with E-state index in [1.165, 1.54) is 6.26 Å². The molecule has 1 aromatic carbocycles. The minimum atomic E-state index is -3.11. The SMILES string of the molecule is CS(=O)(=O)Cc1cccc(C(=O)NCCc2ccccn2)c1. The van der Waals surface area contributed by atoms with Crippen LogP contribution in [0.5, 0.6) is 0 Å². The Balaban J connectivity index is 1.93. The number of pyridine rings is 1. The minimum absolute atomic E-state index is 0.0674. The van der Waals surface area contributed by atoms with Crippen LogP contribution in [0.15, 0.2) is 48.7 Å². The van der Waals surface area contributed by atoms with Crippen molar-refractivity contribution in [3.63, 3.8) is 0 Å². The molecule has 5 nitrogen and oxygen atoms in total. The predicted molar refractivity (Wildman–Crippen MR) is 85.3 cm³/mol. The van der Waals surface area contributed by atoms with E-state index in [0.29, 0.717) is 24.1 Å². The number of carbonyl (C=O) groups excluding carboxylic acids is 1. The van der Waals surface area contributed by atoms with E-state index in [1.54, 1.807) is 30.5 Å². The molecule has 0 fully saturated rings. The minimum Gasteiger partial charge on any atom is -0.352 e. The molecule has 116 valence electrons. The van der Waals surface area contributed by atoms with Gasteiger partial charge in [-0.05, 0) is 29.8 Å². The number of hydrogen-bond acceptors (Lipinski definition) is 4. The smallest absolute Gasteiger partial charge is 0.251 e. The van der Waals surface area contributed by atoms with Gasteiger partial charge < -0.3 is 5.32 Å². The van der Waals surface area contributed by atoms with E-state index >= 15 is 0 Å². The maximum absolute atomic E-state index is 12.1. The van der Waals surface area contributed by atoms with E-state index < -0.39 is 9.84 Å². The number of aromatic nitrogens is 1. The molecule has 6 heteroatoms. The standard InChI is InChI=1S/C16H18N2O3S/c1-22(20,21)12-13-5-4-6-14(11-13)16(19)18-10-8-15-7-2-3-9-17-15/h2-7,9,11H,8,10,12H2,1H3,(H,18,19). The Morgan fingerprint density at radius 2 is 2.00 bits per heavy atom. The summed E-state index contributed by atoms with van der Waals surface area (Å²) in [5.74, 6) is -0.284. The van der Waals surface area contributed by atoms with Gasteiger partial charge in [0.15, 0.2) is 9.84 Å². The second kappa shape index (κ2) is 7.17. The molecule has 1 N–H and O–H groups in total. The molecule has 1 amide bonds. The van der Waals surface area contributed by atoms with Gasteiger partial charge in [0, 0.05) is 36.7 Å². The number of amides is 1. The fraction of sp³-hybridized carbons (Fsp3) is 0.250. The average Bonchev–Trinajstić information content (AvgIpc) is 2.47. The predicted octanol–water partition coefficient (Wildman–Crippen LogP) is 1.60. The van der Waals surface area contributed by atoms with Crippen molar-refractivity contribution in [1.82, 2.24) is 10.3 Å². The van der Waals surface area contributed by atoms with Gasteiger partial charge >= 0.3 is 0 Å². The van der Waals surface area contributed by atoms with Crippen LogP contribution in [0.3, 0.4) is 0 Å².